The van der Waals surface area contributed by atoms with Crippen molar-refractivity contribution in [2.24, 2.45) is 0 Å². The molecule has 0 aliphatic heterocycles. The maximum absolute atomic E-state index is 12.3. The molecule has 0 saturated heterocycles. The van der Waals surface area contributed by atoms with Crippen LogP contribution < -0.4 is 0 Å². The number of allylic oxidation sites excluding steroid dienone is 1. The lowest BCUT2D eigenvalue weighted by Crippen LogP contribution is -2.24. The third-order valence-electron chi connectivity index (χ3n) is 3.00. The minimum absolute atomic E-state index is 0.290. The molecule has 20 heavy (non-hydrogen) atoms. The Bertz CT molecular complexity index is 675. The van der Waals surface area contributed by atoms with E-state index in [0.717, 1.165) is 21.9 Å². The van der Waals surface area contributed by atoms with E-state index in [4.69, 9.17) is 4.74 Å². The van der Waals surface area contributed by atoms with Gasteiger partial charge in [0.2, 0.25) is 0 Å². The fourth-order valence-corrected chi connectivity index (χ4v) is 2.19. The predicted octanol–water partition coefficient (Wildman–Crippen LogP) is 4.83. The Morgan fingerprint density at radius 1 is 1.00 bits per heavy atom. The second-order valence-electron chi connectivity index (χ2n) is 5.99. The minimum atomic E-state index is -0.495. The van der Waals surface area contributed by atoms with Crippen molar-refractivity contribution in [3.05, 3.63) is 54.1 Å². The van der Waals surface area contributed by atoms with Crippen LogP contribution in [0.2, 0.25) is 0 Å². The van der Waals surface area contributed by atoms with Crippen LogP contribution in [0.3, 0.4) is 0 Å². The lowest BCUT2D eigenvalue weighted by Gasteiger charge is -2.20. The number of hydrogen-bond donors (Lipinski definition) is 0. The van der Waals surface area contributed by atoms with Gasteiger partial charge in [-0.1, -0.05) is 42.5 Å². The lowest BCUT2D eigenvalue weighted by molar-refractivity contribution is 0.00719. The van der Waals surface area contributed by atoms with Gasteiger partial charge in [0.1, 0.15) is 5.60 Å². The molecular weight excluding hydrogens is 248 g/mol. The topological polar surface area (TPSA) is 26.3 Å². The molecule has 0 aliphatic rings. The van der Waals surface area contributed by atoms with Crippen molar-refractivity contribution >= 4 is 22.3 Å². The highest BCUT2D eigenvalue weighted by atomic mass is 16.6. The maximum Gasteiger partial charge on any atom is 0.339 e. The van der Waals surface area contributed by atoms with Gasteiger partial charge in [-0.2, -0.15) is 0 Å². The summed E-state index contributed by atoms with van der Waals surface area (Å²) < 4.78 is 5.47. The molecule has 2 aromatic carbocycles. The monoisotopic (exact) mass is 268 g/mol. The quantitative estimate of drug-likeness (QED) is 0.729. The molecule has 0 N–H and O–H groups in total. The Kier molecular flexibility index (Phi) is 3.67. The van der Waals surface area contributed by atoms with E-state index in [0.29, 0.717) is 5.56 Å². The molecule has 0 aromatic heterocycles. The molecule has 2 heteroatoms. The highest BCUT2D eigenvalue weighted by Crippen LogP contribution is 2.27. The average molecular weight is 268 g/mol. The van der Waals surface area contributed by atoms with E-state index in [2.05, 4.69) is 6.58 Å². The number of carbonyl (C=O) groups is 1. The van der Waals surface area contributed by atoms with Crippen LogP contribution in [0, 0.1) is 0 Å². The van der Waals surface area contributed by atoms with E-state index in [1.165, 1.54) is 0 Å². The smallest absolute Gasteiger partial charge is 0.339 e. The molecular formula is C18H20O2. The Morgan fingerprint density at radius 3 is 2.00 bits per heavy atom. The molecule has 0 heterocycles. The van der Waals surface area contributed by atoms with Crippen LogP contribution in [0.4, 0.5) is 0 Å². The van der Waals surface area contributed by atoms with Gasteiger partial charge in [0, 0.05) is 0 Å². The fraction of sp³-hybridized carbons (Fsp3) is 0.278. The van der Waals surface area contributed by atoms with Gasteiger partial charge in [-0.15, -0.1) is 0 Å². The average Bonchev–Trinajstić information content (AvgIpc) is 2.35. The van der Waals surface area contributed by atoms with Crippen molar-refractivity contribution in [1.29, 1.82) is 0 Å². The molecule has 2 rings (SSSR count). The van der Waals surface area contributed by atoms with Gasteiger partial charge in [-0.25, -0.2) is 4.79 Å². The van der Waals surface area contributed by atoms with Crippen LogP contribution in [0.5, 0.6) is 0 Å². The molecule has 0 saturated carbocycles. The van der Waals surface area contributed by atoms with Gasteiger partial charge in [0.25, 0.3) is 0 Å². The zero-order valence-corrected chi connectivity index (χ0v) is 12.5. The third kappa shape index (κ3) is 2.90. The predicted molar refractivity (Wildman–Crippen MR) is 83.8 cm³/mol. The van der Waals surface area contributed by atoms with E-state index >= 15 is 0 Å². The van der Waals surface area contributed by atoms with Gasteiger partial charge in [-0.05, 0) is 50.1 Å². The van der Waals surface area contributed by atoms with Crippen molar-refractivity contribution in [2.45, 2.75) is 33.3 Å². The van der Waals surface area contributed by atoms with Gasteiger partial charge in [-0.3, -0.25) is 0 Å². The number of ether oxygens (including phenoxy) is 1. The molecule has 0 aliphatic carbocycles. The summed E-state index contributed by atoms with van der Waals surface area (Å²) in [5, 5.41) is 1.94. The summed E-state index contributed by atoms with van der Waals surface area (Å²) in [5.74, 6) is -0.290. The summed E-state index contributed by atoms with van der Waals surface area (Å²) in [6, 6.07) is 11.6. The van der Waals surface area contributed by atoms with E-state index in [-0.39, 0.29) is 5.97 Å². The lowest BCUT2D eigenvalue weighted by atomic mass is 9.97. The first-order chi connectivity index (χ1) is 9.29. The number of rotatable bonds is 2. The highest BCUT2D eigenvalue weighted by Gasteiger charge is 2.19. The maximum atomic E-state index is 12.3. The zero-order chi connectivity index (χ0) is 14.9. The standard InChI is InChI=1S/C18H20O2/c1-12(2)13-8-6-10-15-14(13)9-7-11-16(15)17(19)20-18(3,4)5/h6-11H,1H2,2-5H3. The molecule has 2 nitrogen and oxygen atoms in total. The van der Waals surface area contributed by atoms with E-state index < -0.39 is 5.60 Å². The molecule has 0 amide bonds. The molecule has 104 valence electrons. The number of hydrogen-bond acceptors (Lipinski definition) is 2. The summed E-state index contributed by atoms with van der Waals surface area (Å²) in [4.78, 5) is 12.3. The van der Waals surface area contributed by atoms with Crippen molar-refractivity contribution in [1.82, 2.24) is 0 Å². The Labute approximate surface area is 120 Å². The first kappa shape index (κ1) is 14.3. The summed E-state index contributed by atoms with van der Waals surface area (Å²) in [5.41, 5.74) is 2.15. The van der Waals surface area contributed by atoms with Crippen molar-refractivity contribution < 1.29 is 9.53 Å². The van der Waals surface area contributed by atoms with Gasteiger partial charge in [0.05, 0.1) is 5.56 Å². The van der Waals surface area contributed by atoms with Crippen molar-refractivity contribution in [2.75, 3.05) is 0 Å². The van der Waals surface area contributed by atoms with Gasteiger partial charge >= 0.3 is 5.97 Å². The van der Waals surface area contributed by atoms with Crippen molar-refractivity contribution in [3.63, 3.8) is 0 Å². The highest BCUT2D eigenvalue weighted by molar-refractivity contribution is 6.07. The summed E-state index contributed by atoms with van der Waals surface area (Å²) in [7, 11) is 0. The first-order valence-electron chi connectivity index (χ1n) is 6.70. The second kappa shape index (κ2) is 5.12. The van der Waals surface area contributed by atoms with Crippen LogP contribution in [0.15, 0.2) is 43.0 Å². The van der Waals surface area contributed by atoms with Crippen LogP contribution in [-0.2, 0) is 4.74 Å². The normalized spacial score (nSPS) is 11.4. The largest absolute Gasteiger partial charge is 0.456 e. The summed E-state index contributed by atoms with van der Waals surface area (Å²) >= 11 is 0. The number of fused-ring (bicyclic) bond motifs is 1. The minimum Gasteiger partial charge on any atom is -0.456 e. The fourth-order valence-electron chi connectivity index (χ4n) is 2.19. The van der Waals surface area contributed by atoms with Crippen LogP contribution in [-0.4, -0.2) is 11.6 Å². The van der Waals surface area contributed by atoms with E-state index in [9.17, 15) is 4.79 Å². The van der Waals surface area contributed by atoms with Crippen LogP contribution in [0.25, 0.3) is 16.3 Å². The molecule has 2 aromatic rings. The summed E-state index contributed by atoms with van der Waals surface area (Å²) in [6.07, 6.45) is 0. The van der Waals surface area contributed by atoms with Gasteiger partial charge < -0.3 is 4.74 Å². The van der Waals surface area contributed by atoms with Crippen LogP contribution in [0.1, 0.15) is 43.6 Å². The zero-order valence-electron chi connectivity index (χ0n) is 12.5. The number of carbonyl (C=O) groups excluding carboxylic acids is 1. The Balaban J connectivity index is 2.59. The second-order valence-corrected chi connectivity index (χ2v) is 5.99. The molecule has 0 fully saturated rings. The molecule has 0 bridgehead atoms. The Hall–Kier alpha value is -2.09. The SMILES string of the molecule is C=C(C)c1cccc2c(C(=O)OC(C)(C)C)cccc12. The van der Waals surface area contributed by atoms with E-state index in [1.807, 2.05) is 58.0 Å². The first-order valence-corrected chi connectivity index (χ1v) is 6.70. The van der Waals surface area contributed by atoms with E-state index in [1.54, 1.807) is 6.07 Å². The summed E-state index contributed by atoms with van der Waals surface area (Å²) in [6.45, 7) is 11.6. The molecule has 0 radical (unpaired) electrons. The van der Waals surface area contributed by atoms with Crippen molar-refractivity contribution in [3.8, 4) is 0 Å². The molecule has 0 spiro atoms. The van der Waals surface area contributed by atoms with Crippen LogP contribution >= 0.6 is 0 Å². The number of benzene rings is 2. The molecule has 0 unspecified atom stereocenters. The molecule has 0 atom stereocenters. The Morgan fingerprint density at radius 2 is 1.50 bits per heavy atom. The third-order valence-corrected chi connectivity index (χ3v) is 3.00. The number of esters is 1. The van der Waals surface area contributed by atoms with Gasteiger partial charge in [0.15, 0.2) is 0 Å².